The molecule has 0 amide bonds. The lowest BCUT2D eigenvalue weighted by molar-refractivity contribution is 0.0686. The number of carboxylic acids is 1. The molecule has 3 aromatic rings. The smallest absolute Gasteiger partial charge is 0.353 e. The van der Waals surface area contributed by atoms with E-state index in [0.717, 1.165) is 22.4 Å². The second-order valence-corrected chi connectivity index (χ2v) is 6.02. The van der Waals surface area contributed by atoms with Gasteiger partial charge in [-0.15, -0.1) is 0 Å². The predicted molar refractivity (Wildman–Crippen MR) is 92.4 cm³/mol. The number of hydrogen-bond donors (Lipinski definition) is 1. The number of hydrogen-bond acceptors (Lipinski definition) is 3. The minimum atomic E-state index is -0.965. The zero-order valence-electron chi connectivity index (χ0n) is 13.3. The van der Waals surface area contributed by atoms with Crippen LogP contribution in [0.3, 0.4) is 0 Å². The minimum Gasteiger partial charge on any atom is -0.477 e. The predicted octanol–water partition coefficient (Wildman–Crippen LogP) is 3.96. The molecule has 0 fully saturated rings. The van der Waals surface area contributed by atoms with Crippen LogP contribution in [0, 0.1) is 13.8 Å². The number of carboxylic acid groups (broad SMARTS) is 1. The topological polar surface area (TPSA) is 68.0 Å². The highest BCUT2D eigenvalue weighted by Gasteiger charge is 2.24. The summed E-state index contributed by atoms with van der Waals surface area (Å²) in [5.41, 5.74) is 4.50. The molecule has 0 bridgehead atoms. The molecule has 0 radical (unpaired) electrons. The standard InChI is InChI=1S/C18H16ClN3O2/c1-11-12(2)22(9-13-7-20-10-21-8-13)17(18(23)24)16(11)14-3-5-15(19)6-4-14/h3-8,10H,9H2,1-2H3,(H,23,24). The van der Waals surface area contributed by atoms with Gasteiger partial charge in [-0.05, 0) is 37.1 Å². The Labute approximate surface area is 144 Å². The highest BCUT2D eigenvalue weighted by atomic mass is 35.5. The molecule has 3 rings (SSSR count). The summed E-state index contributed by atoms with van der Waals surface area (Å²) in [6.45, 7) is 4.26. The van der Waals surface area contributed by atoms with Gasteiger partial charge in [0.1, 0.15) is 12.0 Å². The molecule has 5 nitrogen and oxygen atoms in total. The second-order valence-electron chi connectivity index (χ2n) is 5.58. The Morgan fingerprint density at radius 2 is 1.79 bits per heavy atom. The number of aromatic nitrogens is 3. The fourth-order valence-electron chi connectivity index (χ4n) is 2.85. The maximum Gasteiger partial charge on any atom is 0.353 e. The van der Waals surface area contributed by atoms with Crippen LogP contribution in [0.1, 0.15) is 27.3 Å². The molecular weight excluding hydrogens is 326 g/mol. The van der Waals surface area contributed by atoms with E-state index >= 15 is 0 Å². The molecule has 0 spiro atoms. The summed E-state index contributed by atoms with van der Waals surface area (Å²) in [6, 6.07) is 7.21. The maximum atomic E-state index is 12.0. The molecule has 0 aliphatic carbocycles. The van der Waals surface area contributed by atoms with E-state index in [1.165, 1.54) is 6.33 Å². The first-order valence-electron chi connectivity index (χ1n) is 7.42. The third kappa shape index (κ3) is 2.90. The zero-order valence-corrected chi connectivity index (χ0v) is 14.1. The van der Waals surface area contributed by atoms with Gasteiger partial charge in [0.2, 0.25) is 0 Å². The maximum absolute atomic E-state index is 12.0. The first-order valence-corrected chi connectivity index (χ1v) is 7.79. The van der Waals surface area contributed by atoms with Gasteiger partial charge >= 0.3 is 5.97 Å². The van der Waals surface area contributed by atoms with Crippen LogP contribution in [0.25, 0.3) is 11.1 Å². The van der Waals surface area contributed by atoms with E-state index in [0.29, 0.717) is 17.1 Å². The lowest BCUT2D eigenvalue weighted by atomic mass is 10.0. The number of halogens is 1. The van der Waals surface area contributed by atoms with Crippen molar-refractivity contribution < 1.29 is 9.90 Å². The Balaban J connectivity index is 2.18. The molecule has 122 valence electrons. The molecule has 0 saturated heterocycles. The molecule has 6 heteroatoms. The van der Waals surface area contributed by atoms with Crippen LogP contribution < -0.4 is 0 Å². The van der Waals surface area contributed by atoms with Gasteiger partial charge in [0.15, 0.2) is 0 Å². The van der Waals surface area contributed by atoms with Crippen molar-refractivity contribution in [3.8, 4) is 11.1 Å². The molecule has 0 unspecified atom stereocenters. The number of benzene rings is 1. The van der Waals surface area contributed by atoms with Crippen molar-refractivity contribution in [1.29, 1.82) is 0 Å². The average molecular weight is 342 g/mol. The fourth-order valence-corrected chi connectivity index (χ4v) is 2.97. The van der Waals surface area contributed by atoms with Gasteiger partial charge in [0.25, 0.3) is 0 Å². The Kier molecular flexibility index (Phi) is 4.36. The average Bonchev–Trinajstić information content (AvgIpc) is 2.82. The number of carbonyl (C=O) groups is 1. The normalized spacial score (nSPS) is 10.8. The van der Waals surface area contributed by atoms with Crippen LogP contribution in [0.5, 0.6) is 0 Å². The SMILES string of the molecule is Cc1c(-c2ccc(Cl)cc2)c(C(=O)O)n(Cc2cncnc2)c1C. The van der Waals surface area contributed by atoms with E-state index < -0.39 is 5.97 Å². The molecule has 24 heavy (non-hydrogen) atoms. The van der Waals surface area contributed by atoms with Gasteiger partial charge < -0.3 is 9.67 Å². The van der Waals surface area contributed by atoms with Crippen LogP contribution in [-0.2, 0) is 6.54 Å². The van der Waals surface area contributed by atoms with Crippen LogP contribution in [-0.4, -0.2) is 25.6 Å². The first kappa shape index (κ1) is 16.2. The van der Waals surface area contributed by atoms with Gasteiger partial charge in [-0.2, -0.15) is 0 Å². The van der Waals surface area contributed by atoms with Crippen molar-refractivity contribution in [3.05, 3.63) is 70.5 Å². The zero-order chi connectivity index (χ0) is 17.3. The monoisotopic (exact) mass is 341 g/mol. The third-order valence-corrected chi connectivity index (χ3v) is 4.37. The molecule has 2 heterocycles. The van der Waals surface area contributed by atoms with Crippen molar-refractivity contribution >= 4 is 17.6 Å². The quantitative estimate of drug-likeness (QED) is 0.779. The summed E-state index contributed by atoms with van der Waals surface area (Å²) < 4.78 is 1.79. The van der Waals surface area contributed by atoms with Crippen molar-refractivity contribution in [2.24, 2.45) is 0 Å². The van der Waals surface area contributed by atoms with E-state index in [-0.39, 0.29) is 5.69 Å². The summed E-state index contributed by atoms with van der Waals surface area (Å²) in [5.74, 6) is -0.965. The van der Waals surface area contributed by atoms with Gasteiger partial charge in [-0.3, -0.25) is 0 Å². The molecular formula is C18H16ClN3O2. The number of aromatic carboxylic acids is 1. The molecule has 0 atom stereocenters. The van der Waals surface area contributed by atoms with Gasteiger partial charge in [0.05, 0.1) is 6.54 Å². The Morgan fingerprint density at radius 3 is 2.38 bits per heavy atom. The molecule has 0 aliphatic rings. The Morgan fingerprint density at radius 1 is 1.17 bits per heavy atom. The minimum absolute atomic E-state index is 0.260. The lowest BCUT2D eigenvalue weighted by Crippen LogP contribution is -2.12. The van der Waals surface area contributed by atoms with E-state index in [9.17, 15) is 9.90 Å². The molecule has 2 aromatic heterocycles. The molecule has 0 saturated carbocycles. The highest BCUT2D eigenvalue weighted by molar-refractivity contribution is 6.30. The highest BCUT2D eigenvalue weighted by Crippen LogP contribution is 2.33. The van der Waals surface area contributed by atoms with Crippen molar-refractivity contribution in [2.45, 2.75) is 20.4 Å². The van der Waals surface area contributed by atoms with Gasteiger partial charge in [-0.1, -0.05) is 23.7 Å². The Hall–Kier alpha value is -2.66. The fraction of sp³-hybridized carbons (Fsp3) is 0.167. The summed E-state index contributed by atoms with van der Waals surface area (Å²) in [4.78, 5) is 20.0. The summed E-state index contributed by atoms with van der Waals surface area (Å²) in [7, 11) is 0. The van der Waals surface area contributed by atoms with Gasteiger partial charge in [0, 0.05) is 34.2 Å². The molecule has 0 aliphatic heterocycles. The van der Waals surface area contributed by atoms with E-state index in [1.54, 1.807) is 29.1 Å². The summed E-state index contributed by atoms with van der Waals surface area (Å²) in [5, 5.41) is 10.4. The van der Waals surface area contributed by atoms with E-state index in [2.05, 4.69) is 9.97 Å². The second kappa shape index (κ2) is 6.45. The van der Waals surface area contributed by atoms with Crippen LogP contribution in [0.2, 0.25) is 5.02 Å². The van der Waals surface area contributed by atoms with E-state index in [1.807, 2.05) is 26.0 Å². The third-order valence-electron chi connectivity index (χ3n) is 4.12. The van der Waals surface area contributed by atoms with Gasteiger partial charge in [-0.25, -0.2) is 14.8 Å². The molecule has 1 aromatic carbocycles. The van der Waals surface area contributed by atoms with Crippen molar-refractivity contribution in [2.75, 3.05) is 0 Å². The summed E-state index contributed by atoms with van der Waals surface area (Å²) in [6.07, 6.45) is 4.83. The first-order chi connectivity index (χ1) is 11.5. The number of rotatable bonds is 4. The van der Waals surface area contributed by atoms with E-state index in [4.69, 9.17) is 11.6 Å². The lowest BCUT2D eigenvalue weighted by Gasteiger charge is -2.10. The van der Waals surface area contributed by atoms with Crippen LogP contribution in [0.4, 0.5) is 0 Å². The number of nitrogens with zero attached hydrogens (tertiary/aromatic N) is 3. The van der Waals surface area contributed by atoms with Crippen LogP contribution in [0.15, 0.2) is 43.0 Å². The van der Waals surface area contributed by atoms with Crippen molar-refractivity contribution in [1.82, 2.24) is 14.5 Å². The molecule has 1 N–H and O–H groups in total. The summed E-state index contributed by atoms with van der Waals surface area (Å²) >= 11 is 5.95. The largest absolute Gasteiger partial charge is 0.477 e. The Bertz CT molecular complexity index is 887. The van der Waals surface area contributed by atoms with Crippen LogP contribution >= 0.6 is 11.6 Å². The van der Waals surface area contributed by atoms with Crippen molar-refractivity contribution in [3.63, 3.8) is 0 Å².